The molecule has 2 saturated heterocycles. The van der Waals surface area contributed by atoms with E-state index in [1.165, 1.54) is 17.9 Å². The quantitative estimate of drug-likeness (QED) is 0.835. The Bertz CT molecular complexity index is 548. The first kappa shape index (κ1) is 15.8. The van der Waals surface area contributed by atoms with Crippen molar-refractivity contribution in [3.8, 4) is 6.07 Å². The summed E-state index contributed by atoms with van der Waals surface area (Å²) in [6, 6.07) is 7.20. The number of rotatable bonds is 5. The number of thioether (sulfide) groups is 1. The summed E-state index contributed by atoms with van der Waals surface area (Å²) in [6.45, 7) is 2.27. The molecule has 2 heterocycles. The third-order valence-corrected chi connectivity index (χ3v) is 5.58. The molecular weight excluding hydrogens is 299 g/mol. The summed E-state index contributed by atoms with van der Waals surface area (Å²) in [4.78, 5) is 2.36. The van der Waals surface area contributed by atoms with Crippen LogP contribution in [0.5, 0.6) is 0 Å². The fraction of sp³-hybridized carbons (Fsp3) is 0.588. The number of ether oxygens (including phenoxy) is 1. The van der Waals surface area contributed by atoms with E-state index in [4.69, 9.17) is 10.00 Å². The van der Waals surface area contributed by atoms with Gasteiger partial charge in [-0.15, -0.1) is 0 Å². The molecule has 0 amide bonds. The lowest BCUT2D eigenvalue weighted by Gasteiger charge is -2.30. The van der Waals surface area contributed by atoms with Crippen molar-refractivity contribution < 1.29 is 9.13 Å². The van der Waals surface area contributed by atoms with Gasteiger partial charge in [-0.05, 0) is 43.2 Å². The molecule has 118 valence electrons. The number of nitrogens with zero attached hydrogens (tertiary/aromatic N) is 2. The van der Waals surface area contributed by atoms with Gasteiger partial charge in [-0.25, -0.2) is 4.39 Å². The minimum atomic E-state index is -0.220. The van der Waals surface area contributed by atoms with Crippen molar-refractivity contribution in [1.82, 2.24) is 4.90 Å². The standard InChI is InChI=1S/C17H21FN2OS/c18-17-4-3-13(9-19)8-14(17)10-20(15-5-7-22-12-15)11-16-2-1-6-21-16/h3-4,8,15-16H,1-2,5-7,10-12H2/t15-,16-/m0/s1. The van der Waals surface area contributed by atoms with Crippen molar-refractivity contribution in [2.24, 2.45) is 0 Å². The Balaban J connectivity index is 1.75. The van der Waals surface area contributed by atoms with Gasteiger partial charge in [0.05, 0.1) is 17.7 Å². The van der Waals surface area contributed by atoms with Gasteiger partial charge in [-0.3, -0.25) is 4.90 Å². The largest absolute Gasteiger partial charge is 0.377 e. The van der Waals surface area contributed by atoms with E-state index in [2.05, 4.69) is 11.0 Å². The third-order valence-electron chi connectivity index (χ3n) is 4.43. The molecule has 3 nitrogen and oxygen atoms in total. The van der Waals surface area contributed by atoms with E-state index in [-0.39, 0.29) is 11.9 Å². The Morgan fingerprint density at radius 2 is 2.32 bits per heavy atom. The smallest absolute Gasteiger partial charge is 0.127 e. The van der Waals surface area contributed by atoms with Crippen molar-refractivity contribution in [1.29, 1.82) is 5.26 Å². The molecule has 0 spiro atoms. The summed E-state index contributed by atoms with van der Waals surface area (Å²) in [7, 11) is 0. The van der Waals surface area contributed by atoms with E-state index in [0.717, 1.165) is 38.2 Å². The van der Waals surface area contributed by atoms with Crippen molar-refractivity contribution in [2.75, 3.05) is 24.7 Å². The van der Waals surface area contributed by atoms with Crippen molar-refractivity contribution in [3.05, 3.63) is 35.1 Å². The Hall–Kier alpha value is -1.09. The van der Waals surface area contributed by atoms with Crippen LogP contribution < -0.4 is 0 Å². The summed E-state index contributed by atoms with van der Waals surface area (Å²) in [5, 5.41) is 9.02. The van der Waals surface area contributed by atoms with Gasteiger partial charge in [0.1, 0.15) is 5.82 Å². The average molecular weight is 320 g/mol. The molecule has 2 fully saturated rings. The van der Waals surface area contributed by atoms with Gasteiger partial charge in [0, 0.05) is 37.1 Å². The van der Waals surface area contributed by atoms with Gasteiger partial charge in [-0.2, -0.15) is 17.0 Å². The topological polar surface area (TPSA) is 36.3 Å². The summed E-state index contributed by atoms with van der Waals surface area (Å²) in [5.74, 6) is 2.06. The van der Waals surface area contributed by atoms with Crippen molar-refractivity contribution in [2.45, 2.75) is 38.0 Å². The van der Waals surface area contributed by atoms with Gasteiger partial charge >= 0.3 is 0 Å². The number of hydrogen-bond donors (Lipinski definition) is 0. The molecule has 1 aromatic carbocycles. The molecule has 0 radical (unpaired) electrons. The summed E-state index contributed by atoms with van der Waals surface area (Å²) >= 11 is 1.96. The first-order chi connectivity index (χ1) is 10.8. The molecule has 2 aliphatic heterocycles. The van der Waals surface area contributed by atoms with E-state index < -0.39 is 0 Å². The number of halogens is 1. The van der Waals surface area contributed by atoms with Crippen LogP contribution in [0.15, 0.2) is 18.2 Å². The highest BCUT2D eigenvalue weighted by Gasteiger charge is 2.28. The second-order valence-corrected chi connectivity index (χ2v) is 7.15. The summed E-state index contributed by atoms with van der Waals surface area (Å²) in [5.41, 5.74) is 1.14. The SMILES string of the molecule is N#Cc1ccc(F)c(CN(C[C@@H]2CCCO2)[C@H]2CCSC2)c1. The number of nitriles is 1. The first-order valence-electron chi connectivity index (χ1n) is 7.88. The van der Waals surface area contributed by atoms with Crippen LogP contribution in [0.25, 0.3) is 0 Å². The van der Waals surface area contributed by atoms with E-state index in [9.17, 15) is 4.39 Å². The first-order valence-corrected chi connectivity index (χ1v) is 9.03. The highest BCUT2D eigenvalue weighted by atomic mass is 32.2. The second kappa shape index (κ2) is 7.45. The highest BCUT2D eigenvalue weighted by molar-refractivity contribution is 7.99. The van der Waals surface area contributed by atoms with E-state index in [1.54, 1.807) is 6.07 Å². The molecule has 0 aromatic heterocycles. The summed E-state index contributed by atoms with van der Waals surface area (Å²) < 4.78 is 19.9. The lowest BCUT2D eigenvalue weighted by Crippen LogP contribution is -2.40. The Kier molecular flexibility index (Phi) is 5.35. The number of benzene rings is 1. The molecule has 0 unspecified atom stereocenters. The van der Waals surface area contributed by atoms with Gasteiger partial charge in [0.15, 0.2) is 0 Å². The molecule has 2 aliphatic rings. The van der Waals surface area contributed by atoms with Crippen LogP contribution in [0.4, 0.5) is 4.39 Å². The molecule has 0 aliphatic carbocycles. The van der Waals surface area contributed by atoms with Crippen molar-refractivity contribution in [3.63, 3.8) is 0 Å². The van der Waals surface area contributed by atoms with Crippen molar-refractivity contribution >= 4 is 11.8 Å². The molecule has 0 saturated carbocycles. The predicted octanol–water partition coefficient (Wildman–Crippen LogP) is 3.18. The molecule has 2 atom stereocenters. The van der Waals surface area contributed by atoms with Gasteiger partial charge in [0.2, 0.25) is 0 Å². The minimum Gasteiger partial charge on any atom is -0.377 e. The van der Waals surface area contributed by atoms with Crippen LogP contribution in [0.2, 0.25) is 0 Å². The normalized spacial score (nSPS) is 24.8. The molecule has 5 heteroatoms. The second-order valence-electron chi connectivity index (χ2n) is 6.00. The van der Waals surface area contributed by atoms with Gasteiger partial charge in [0.25, 0.3) is 0 Å². The third kappa shape index (κ3) is 3.81. The van der Waals surface area contributed by atoms with Crippen LogP contribution in [0.1, 0.15) is 30.4 Å². The van der Waals surface area contributed by atoms with Crippen LogP contribution in [-0.4, -0.2) is 41.7 Å². The van der Waals surface area contributed by atoms with Crippen LogP contribution in [0, 0.1) is 17.1 Å². The molecule has 3 rings (SSSR count). The fourth-order valence-electron chi connectivity index (χ4n) is 3.19. The fourth-order valence-corrected chi connectivity index (χ4v) is 4.44. The molecule has 22 heavy (non-hydrogen) atoms. The Morgan fingerprint density at radius 1 is 1.41 bits per heavy atom. The molecule has 0 bridgehead atoms. The highest BCUT2D eigenvalue weighted by Crippen LogP contribution is 2.26. The maximum Gasteiger partial charge on any atom is 0.127 e. The lowest BCUT2D eigenvalue weighted by atomic mass is 10.1. The lowest BCUT2D eigenvalue weighted by molar-refractivity contribution is 0.0571. The van der Waals surface area contributed by atoms with E-state index in [1.807, 2.05) is 11.8 Å². The van der Waals surface area contributed by atoms with Gasteiger partial charge in [-0.1, -0.05) is 0 Å². The monoisotopic (exact) mass is 320 g/mol. The zero-order chi connectivity index (χ0) is 15.4. The molecule has 1 aromatic rings. The molecular formula is C17H21FN2OS. The number of hydrogen-bond acceptors (Lipinski definition) is 4. The molecule has 0 N–H and O–H groups in total. The van der Waals surface area contributed by atoms with Crippen LogP contribution >= 0.6 is 11.8 Å². The van der Waals surface area contributed by atoms with Crippen LogP contribution in [0.3, 0.4) is 0 Å². The maximum atomic E-state index is 14.1. The maximum absolute atomic E-state index is 14.1. The zero-order valence-corrected chi connectivity index (χ0v) is 13.4. The average Bonchev–Trinajstić information content (AvgIpc) is 3.21. The van der Waals surface area contributed by atoms with E-state index >= 15 is 0 Å². The van der Waals surface area contributed by atoms with E-state index in [0.29, 0.717) is 23.7 Å². The predicted molar refractivity (Wildman–Crippen MR) is 86.2 cm³/mol. The Morgan fingerprint density at radius 3 is 3.00 bits per heavy atom. The summed E-state index contributed by atoms with van der Waals surface area (Å²) in [6.07, 6.45) is 3.64. The minimum absolute atomic E-state index is 0.220. The van der Waals surface area contributed by atoms with Crippen LogP contribution in [-0.2, 0) is 11.3 Å². The zero-order valence-electron chi connectivity index (χ0n) is 12.6. The van der Waals surface area contributed by atoms with Gasteiger partial charge < -0.3 is 4.74 Å². The Labute approximate surface area is 135 Å².